The predicted molar refractivity (Wildman–Crippen MR) is 76.7 cm³/mol. The molecule has 18 heavy (non-hydrogen) atoms. The van der Waals surface area contributed by atoms with Crippen LogP contribution in [0.1, 0.15) is 20.3 Å². The van der Waals surface area contributed by atoms with Crippen LogP contribution in [0.15, 0.2) is 24.3 Å². The number of nitrogens with two attached hydrogens (primary N) is 1. The van der Waals surface area contributed by atoms with Crippen LogP contribution in [0.5, 0.6) is 0 Å². The van der Waals surface area contributed by atoms with Crippen LogP contribution >= 0.6 is 0 Å². The van der Waals surface area contributed by atoms with E-state index in [-0.39, 0.29) is 0 Å². The van der Waals surface area contributed by atoms with Gasteiger partial charge in [-0.3, -0.25) is 0 Å². The average molecular weight is 244 g/mol. The summed E-state index contributed by atoms with van der Waals surface area (Å²) in [5, 5.41) is 0. The minimum atomic E-state index is 0.500. The first-order valence-electron chi connectivity index (χ1n) is 6.31. The summed E-state index contributed by atoms with van der Waals surface area (Å²) in [5.74, 6) is 1.94. The Balaban J connectivity index is 2.29. The van der Waals surface area contributed by atoms with Crippen molar-refractivity contribution in [2.45, 2.75) is 20.3 Å². The van der Waals surface area contributed by atoms with Crippen LogP contribution < -0.4 is 10.6 Å². The van der Waals surface area contributed by atoms with Crippen molar-refractivity contribution < 1.29 is 0 Å². The minimum Gasteiger partial charge on any atom is -0.381 e. The third-order valence-electron chi connectivity index (χ3n) is 2.98. The Morgan fingerprint density at radius 3 is 2.39 bits per heavy atom. The number of rotatable bonds is 4. The SMILES string of the molecule is CC(C)CCN(C)c1nc2ccccc2nc1N. The second-order valence-corrected chi connectivity index (χ2v) is 5.03. The van der Waals surface area contributed by atoms with Crippen molar-refractivity contribution in [1.82, 2.24) is 9.97 Å². The van der Waals surface area contributed by atoms with Gasteiger partial charge in [0.05, 0.1) is 11.0 Å². The van der Waals surface area contributed by atoms with Crippen LogP contribution in [0.4, 0.5) is 11.6 Å². The number of benzene rings is 1. The van der Waals surface area contributed by atoms with Gasteiger partial charge in [0, 0.05) is 13.6 Å². The quantitative estimate of drug-likeness (QED) is 0.898. The lowest BCUT2D eigenvalue weighted by molar-refractivity contribution is 0.584. The fourth-order valence-corrected chi connectivity index (χ4v) is 1.84. The molecule has 0 aliphatic heterocycles. The molecule has 0 radical (unpaired) electrons. The normalized spacial score (nSPS) is 11.1. The summed E-state index contributed by atoms with van der Waals surface area (Å²) in [6.45, 7) is 5.36. The van der Waals surface area contributed by atoms with Gasteiger partial charge in [-0.15, -0.1) is 0 Å². The number of fused-ring (bicyclic) bond motifs is 1. The fraction of sp³-hybridized carbons (Fsp3) is 0.429. The molecule has 0 aliphatic rings. The monoisotopic (exact) mass is 244 g/mol. The summed E-state index contributed by atoms with van der Waals surface area (Å²) in [7, 11) is 2.01. The Hall–Kier alpha value is -1.84. The second kappa shape index (κ2) is 5.21. The molecule has 0 bridgehead atoms. The van der Waals surface area contributed by atoms with E-state index < -0.39 is 0 Å². The third-order valence-corrected chi connectivity index (χ3v) is 2.98. The van der Waals surface area contributed by atoms with Crippen molar-refractivity contribution in [3.8, 4) is 0 Å². The maximum absolute atomic E-state index is 5.98. The molecule has 0 saturated carbocycles. The van der Waals surface area contributed by atoms with Gasteiger partial charge in [0.25, 0.3) is 0 Å². The maximum atomic E-state index is 5.98. The van der Waals surface area contributed by atoms with Gasteiger partial charge < -0.3 is 10.6 Å². The molecule has 1 aromatic heterocycles. The summed E-state index contributed by atoms with van der Waals surface area (Å²) in [6, 6.07) is 7.79. The van der Waals surface area contributed by atoms with Crippen molar-refractivity contribution in [2.75, 3.05) is 24.2 Å². The summed E-state index contributed by atoms with van der Waals surface area (Å²) < 4.78 is 0. The molecular formula is C14H20N4. The van der Waals surface area contributed by atoms with E-state index in [2.05, 4.69) is 28.7 Å². The molecular weight excluding hydrogens is 224 g/mol. The molecule has 0 atom stereocenters. The number of aromatic nitrogens is 2. The van der Waals surface area contributed by atoms with Crippen LogP contribution in [-0.4, -0.2) is 23.6 Å². The topological polar surface area (TPSA) is 55.0 Å². The molecule has 0 saturated heterocycles. The van der Waals surface area contributed by atoms with Gasteiger partial charge in [-0.05, 0) is 24.5 Å². The maximum Gasteiger partial charge on any atom is 0.171 e. The highest BCUT2D eigenvalue weighted by molar-refractivity contribution is 5.79. The molecule has 2 rings (SSSR count). The molecule has 0 aliphatic carbocycles. The zero-order chi connectivity index (χ0) is 13.1. The smallest absolute Gasteiger partial charge is 0.171 e. The first kappa shape index (κ1) is 12.6. The van der Waals surface area contributed by atoms with Gasteiger partial charge in [0.15, 0.2) is 11.6 Å². The average Bonchev–Trinajstić information content (AvgIpc) is 2.35. The van der Waals surface area contributed by atoms with Crippen LogP contribution in [-0.2, 0) is 0 Å². The van der Waals surface area contributed by atoms with Gasteiger partial charge in [0.1, 0.15) is 0 Å². The van der Waals surface area contributed by atoms with E-state index in [1.54, 1.807) is 0 Å². The lowest BCUT2D eigenvalue weighted by atomic mass is 10.1. The van der Waals surface area contributed by atoms with Crippen LogP contribution in [0, 0.1) is 5.92 Å². The fourth-order valence-electron chi connectivity index (χ4n) is 1.84. The second-order valence-electron chi connectivity index (χ2n) is 5.03. The van der Waals surface area contributed by atoms with Gasteiger partial charge in [0.2, 0.25) is 0 Å². The van der Waals surface area contributed by atoms with Crippen molar-refractivity contribution in [3.05, 3.63) is 24.3 Å². The molecule has 4 heteroatoms. The van der Waals surface area contributed by atoms with Crippen molar-refractivity contribution in [2.24, 2.45) is 5.92 Å². The van der Waals surface area contributed by atoms with Crippen molar-refractivity contribution in [3.63, 3.8) is 0 Å². The van der Waals surface area contributed by atoms with E-state index in [9.17, 15) is 0 Å². The summed E-state index contributed by atoms with van der Waals surface area (Å²) in [6.07, 6.45) is 1.12. The Morgan fingerprint density at radius 2 is 1.78 bits per heavy atom. The van der Waals surface area contributed by atoms with Crippen LogP contribution in [0.2, 0.25) is 0 Å². The lowest BCUT2D eigenvalue weighted by Gasteiger charge is -2.20. The number of para-hydroxylation sites is 2. The molecule has 0 unspecified atom stereocenters. The van der Waals surface area contributed by atoms with Crippen LogP contribution in [0.3, 0.4) is 0 Å². The minimum absolute atomic E-state index is 0.500. The highest BCUT2D eigenvalue weighted by Crippen LogP contribution is 2.21. The zero-order valence-corrected chi connectivity index (χ0v) is 11.2. The van der Waals surface area contributed by atoms with Crippen molar-refractivity contribution in [1.29, 1.82) is 0 Å². The van der Waals surface area contributed by atoms with E-state index in [1.807, 2.05) is 31.3 Å². The molecule has 2 N–H and O–H groups in total. The number of nitrogen functional groups attached to an aromatic ring is 1. The van der Waals surface area contributed by atoms with E-state index in [0.29, 0.717) is 11.7 Å². The first-order valence-corrected chi connectivity index (χ1v) is 6.31. The highest BCUT2D eigenvalue weighted by atomic mass is 15.2. The van der Waals surface area contributed by atoms with Crippen molar-refractivity contribution >= 4 is 22.7 Å². The third kappa shape index (κ3) is 2.70. The van der Waals surface area contributed by atoms with E-state index in [4.69, 9.17) is 5.73 Å². The molecule has 96 valence electrons. The summed E-state index contributed by atoms with van der Waals surface area (Å²) >= 11 is 0. The highest BCUT2D eigenvalue weighted by Gasteiger charge is 2.10. The first-order chi connectivity index (χ1) is 8.58. The molecule has 0 fully saturated rings. The number of anilines is 2. The number of nitrogens with zero attached hydrogens (tertiary/aromatic N) is 3. The Bertz CT molecular complexity index is 536. The van der Waals surface area contributed by atoms with Gasteiger partial charge in [-0.2, -0.15) is 0 Å². The summed E-state index contributed by atoms with van der Waals surface area (Å²) in [5.41, 5.74) is 7.71. The van der Waals surface area contributed by atoms with Gasteiger partial charge >= 0.3 is 0 Å². The predicted octanol–water partition coefficient (Wildman–Crippen LogP) is 2.69. The molecule has 1 aromatic carbocycles. The Morgan fingerprint density at radius 1 is 1.17 bits per heavy atom. The van der Waals surface area contributed by atoms with Gasteiger partial charge in [-0.25, -0.2) is 9.97 Å². The number of hydrogen-bond acceptors (Lipinski definition) is 4. The molecule has 2 aromatic rings. The zero-order valence-electron chi connectivity index (χ0n) is 11.2. The Kier molecular flexibility index (Phi) is 3.65. The molecule has 0 amide bonds. The summed E-state index contributed by atoms with van der Waals surface area (Å²) in [4.78, 5) is 11.1. The molecule has 4 nitrogen and oxygen atoms in total. The number of hydrogen-bond donors (Lipinski definition) is 1. The molecule has 1 heterocycles. The van der Waals surface area contributed by atoms with E-state index in [1.165, 1.54) is 0 Å². The lowest BCUT2D eigenvalue weighted by Crippen LogP contribution is -2.22. The van der Waals surface area contributed by atoms with E-state index >= 15 is 0 Å². The van der Waals surface area contributed by atoms with E-state index in [0.717, 1.165) is 29.8 Å². The standard InChI is InChI=1S/C14H20N4/c1-10(2)8-9-18(3)14-13(15)16-11-6-4-5-7-12(11)17-14/h4-7,10H,8-9H2,1-3H3,(H2,15,16). The molecule has 0 spiro atoms. The van der Waals surface area contributed by atoms with Crippen LogP contribution in [0.25, 0.3) is 11.0 Å². The van der Waals surface area contributed by atoms with Gasteiger partial charge in [-0.1, -0.05) is 26.0 Å². The Labute approximate surface area is 108 Å². The largest absolute Gasteiger partial charge is 0.381 e.